The normalized spacial score (nSPS) is 19.2. The van der Waals surface area contributed by atoms with Gasteiger partial charge in [0.1, 0.15) is 17.6 Å². The van der Waals surface area contributed by atoms with E-state index in [0.29, 0.717) is 49.8 Å². The minimum absolute atomic E-state index is 0.173. The minimum atomic E-state index is -1.11. The molecule has 7 heteroatoms. The van der Waals surface area contributed by atoms with E-state index in [1.165, 1.54) is 24.2 Å². The van der Waals surface area contributed by atoms with E-state index in [9.17, 15) is 19.5 Å². The molecule has 1 N–H and O–H groups in total. The van der Waals surface area contributed by atoms with Crippen LogP contribution in [0, 0.1) is 11.3 Å². The van der Waals surface area contributed by atoms with Gasteiger partial charge in [0.2, 0.25) is 5.91 Å². The van der Waals surface area contributed by atoms with Crippen molar-refractivity contribution in [3.8, 4) is 5.75 Å². The molecule has 1 saturated heterocycles. The van der Waals surface area contributed by atoms with Gasteiger partial charge in [-0.1, -0.05) is 38.3 Å². The molecule has 2 amide bonds. The van der Waals surface area contributed by atoms with Crippen LogP contribution in [0.2, 0.25) is 0 Å². The number of hydrogen-bond donors (Lipinski definition) is 1. The van der Waals surface area contributed by atoms with Crippen LogP contribution in [0.25, 0.3) is 0 Å². The van der Waals surface area contributed by atoms with Gasteiger partial charge in [-0.3, -0.25) is 14.5 Å². The molecule has 1 atom stereocenters. The van der Waals surface area contributed by atoms with Crippen molar-refractivity contribution in [3.63, 3.8) is 0 Å². The topological polar surface area (TPSA) is 87.2 Å². The highest BCUT2D eigenvalue weighted by molar-refractivity contribution is 5.88. The summed E-state index contributed by atoms with van der Waals surface area (Å²) >= 11 is 0. The summed E-state index contributed by atoms with van der Waals surface area (Å²) in [5.41, 5.74) is -0.214. The second-order valence-corrected chi connectivity index (χ2v) is 11.9. The number of carbonyl (C=O) groups excluding carboxylic acids is 2. The van der Waals surface area contributed by atoms with Crippen molar-refractivity contribution in [2.24, 2.45) is 11.3 Å². The Morgan fingerprint density at radius 1 is 1.08 bits per heavy atom. The molecular weight excluding hydrogens is 468 g/mol. The lowest BCUT2D eigenvalue weighted by molar-refractivity contribution is -0.147. The number of nitrogens with zero attached hydrogens (tertiary/aromatic N) is 2. The standard InChI is InChI=1S/C30H46N2O5/c1-6-10-26(33)30(23-11-8-7-9-12-23)17-19-31(20-18-30)27(34)25(32(28(35)36)29(2,3)4)21-22-13-15-24(37-5)16-14-22/h13-16,23,25H,6-12,17-21H2,1-5H3,(H,35,36)/t25-/m1/s1. The van der Waals surface area contributed by atoms with Gasteiger partial charge < -0.3 is 14.7 Å². The fraction of sp³-hybridized carbons (Fsp3) is 0.700. The molecule has 0 aromatic heterocycles. The number of likely N-dealkylation sites (tertiary alicyclic amines) is 1. The van der Waals surface area contributed by atoms with Gasteiger partial charge in [0.05, 0.1) is 7.11 Å². The molecule has 2 aliphatic rings. The molecule has 1 saturated carbocycles. The third kappa shape index (κ3) is 6.66. The molecule has 1 aromatic rings. The van der Waals surface area contributed by atoms with E-state index in [2.05, 4.69) is 6.92 Å². The maximum Gasteiger partial charge on any atom is 0.408 e. The molecule has 0 spiro atoms. The summed E-state index contributed by atoms with van der Waals surface area (Å²) in [5.74, 6) is 1.31. The van der Waals surface area contributed by atoms with Gasteiger partial charge in [0, 0.05) is 36.9 Å². The number of carbonyl (C=O) groups is 3. The van der Waals surface area contributed by atoms with Crippen LogP contribution in [-0.2, 0) is 16.0 Å². The lowest BCUT2D eigenvalue weighted by Crippen LogP contribution is -2.60. The van der Waals surface area contributed by atoms with Crippen LogP contribution < -0.4 is 4.74 Å². The summed E-state index contributed by atoms with van der Waals surface area (Å²) in [4.78, 5) is 43.0. The van der Waals surface area contributed by atoms with Crippen LogP contribution in [0.1, 0.15) is 91.0 Å². The van der Waals surface area contributed by atoms with Crippen LogP contribution in [0.5, 0.6) is 5.75 Å². The molecule has 2 fully saturated rings. The Bertz CT molecular complexity index is 922. The highest BCUT2D eigenvalue weighted by Gasteiger charge is 2.48. The predicted molar refractivity (Wildman–Crippen MR) is 145 cm³/mol. The van der Waals surface area contributed by atoms with Gasteiger partial charge in [-0.15, -0.1) is 0 Å². The fourth-order valence-corrected chi connectivity index (χ4v) is 6.54. The van der Waals surface area contributed by atoms with E-state index in [4.69, 9.17) is 4.74 Å². The predicted octanol–water partition coefficient (Wildman–Crippen LogP) is 5.94. The highest BCUT2D eigenvalue weighted by atomic mass is 16.5. The molecule has 0 radical (unpaired) electrons. The highest BCUT2D eigenvalue weighted by Crippen LogP contribution is 2.47. The molecule has 3 rings (SSSR count). The van der Waals surface area contributed by atoms with Crippen molar-refractivity contribution in [2.75, 3.05) is 20.2 Å². The van der Waals surface area contributed by atoms with E-state index in [-0.39, 0.29) is 17.7 Å². The monoisotopic (exact) mass is 514 g/mol. The third-order valence-electron chi connectivity index (χ3n) is 8.50. The second kappa shape index (κ2) is 12.3. The van der Waals surface area contributed by atoms with Gasteiger partial charge in [-0.05, 0) is 76.5 Å². The van der Waals surface area contributed by atoms with Gasteiger partial charge in [-0.2, -0.15) is 0 Å². The quantitative estimate of drug-likeness (QED) is 0.440. The number of Topliss-reactive ketones (excluding diaryl/α,β-unsaturated/α-hetero) is 1. The zero-order valence-electron chi connectivity index (χ0n) is 23.4. The number of benzene rings is 1. The Morgan fingerprint density at radius 3 is 2.16 bits per heavy atom. The SMILES string of the molecule is CCCC(=O)C1(C2CCCCC2)CCN(C(=O)[C@@H](Cc2ccc(OC)cc2)N(C(=O)O)C(C)(C)C)CC1. The van der Waals surface area contributed by atoms with Crippen molar-refractivity contribution in [3.05, 3.63) is 29.8 Å². The minimum Gasteiger partial charge on any atom is -0.497 e. The van der Waals surface area contributed by atoms with E-state index in [1.807, 2.05) is 49.9 Å². The van der Waals surface area contributed by atoms with Crippen LogP contribution in [-0.4, -0.2) is 64.5 Å². The molecule has 0 unspecified atom stereocenters. The first-order chi connectivity index (χ1) is 17.5. The number of methoxy groups -OCH3 is 1. The van der Waals surface area contributed by atoms with Crippen molar-refractivity contribution in [2.45, 2.75) is 103 Å². The van der Waals surface area contributed by atoms with Gasteiger partial charge in [0.15, 0.2) is 0 Å². The number of carboxylic acid groups (broad SMARTS) is 1. The van der Waals surface area contributed by atoms with Gasteiger partial charge in [-0.25, -0.2) is 4.79 Å². The van der Waals surface area contributed by atoms with Crippen molar-refractivity contribution >= 4 is 17.8 Å². The summed E-state index contributed by atoms with van der Waals surface area (Å²) in [6.45, 7) is 8.53. The first-order valence-corrected chi connectivity index (χ1v) is 14.0. The smallest absolute Gasteiger partial charge is 0.408 e. The molecule has 37 heavy (non-hydrogen) atoms. The number of amides is 2. The summed E-state index contributed by atoms with van der Waals surface area (Å²) in [6, 6.07) is 6.58. The average molecular weight is 515 g/mol. The van der Waals surface area contributed by atoms with Crippen LogP contribution in [0.3, 0.4) is 0 Å². The number of rotatable bonds is 9. The maximum atomic E-state index is 14.0. The Morgan fingerprint density at radius 2 is 1.68 bits per heavy atom. The average Bonchev–Trinajstić information content (AvgIpc) is 2.88. The summed E-state index contributed by atoms with van der Waals surface area (Å²) in [6.07, 6.45) is 7.78. The second-order valence-electron chi connectivity index (χ2n) is 11.9. The summed E-state index contributed by atoms with van der Waals surface area (Å²) in [5, 5.41) is 10.2. The van der Waals surface area contributed by atoms with Crippen molar-refractivity contribution in [1.29, 1.82) is 0 Å². The van der Waals surface area contributed by atoms with E-state index < -0.39 is 17.7 Å². The molecule has 1 heterocycles. The van der Waals surface area contributed by atoms with E-state index in [0.717, 1.165) is 24.8 Å². The maximum absolute atomic E-state index is 14.0. The summed E-state index contributed by atoms with van der Waals surface area (Å²) < 4.78 is 5.26. The molecule has 206 valence electrons. The van der Waals surface area contributed by atoms with Gasteiger partial charge >= 0.3 is 6.09 Å². The summed E-state index contributed by atoms with van der Waals surface area (Å²) in [7, 11) is 1.60. The Hall–Kier alpha value is -2.57. The number of hydrogen-bond acceptors (Lipinski definition) is 4. The van der Waals surface area contributed by atoms with Crippen molar-refractivity contribution in [1.82, 2.24) is 9.80 Å². The first-order valence-electron chi connectivity index (χ1n) is 14.0. The zero-order valence-corrected chi connectivity index (χ0v) is 23.4. The first kappa shape index (κ1) is 29.0. The third-order valence-corrected chi connectivity index (χ3v) is 8.50. The lowest BCUT2D eigenvalue weighted by atomic mass is 9.61. The Balaban J connectivity index is 1.85. The van der Waals surface area contributed by atoms with Crippen LogP contribution >= 0.6 is 0 Å². The molecule has 1 aliphatic carbocycles. The van der Waals surface area contributed by atoms with Crippen LogP contribution in [0.15, 0.2) is 24.3 Å². The Labute approximate surface area is 222 Å². The van der Waals surface area contributed by atoms with Crippen molar-refractivity contribution < 1.29 is 24.2 Å². The number of ether oxygens (including phenoxy) is 1. The Kier molecular flexibility index (Phi) is 9.65. The zero-order chi connectivity index (χ0) is 27.2. The molecule has 1 aliphatic heterocycles. The molecule has 0 bridgehead atoms. The lowest BCUT2D eigenvalue weighted by Gasteiger charge is -2.48. The van der Waals surface area contributed by atoms with E-state index >= 15 is 0 Å². The number of piperidine rings is 1. The fourth-order valence-electron chi connectivity index (χ4n) is 6.54. The number of ketones is 1. The molecular formula is C30H46N2O5. The van der Waals surface area contributed by atoms with Crippen LogP contribution in [0.4, 0.5) is 4.79 Å². The molecule has 1 aromatic carbocycles. The largest absolute Gasteiger partial charge is 0.497 e. The van der Waals surface area contributed by atoms with Gasteiger partial charge in [0.25, 0.3) is 0 Å². The molecule has 7 nitrogen and oxygen atoms in total. The van der Waals surface area contributed by atoms with E-state index in [1.54, 1.807) is 7.11 Å².